The van der Waals surface area contributed by atoms with Gasteiger partial charge in [0.05, 0.1) is 4.90 Å². The van der Waals surface area contributed by atoms with Gasteiger partial charge in [-0.15, -0.1) is 0 Å². The number of thioether (sulfide) groups is 1. The van der Waals surface area contributed by atoms with Crippen LogP contribution in [0.3, 0.4) is 0 Å². The monoisotopic (exact) mass is 328 g/mol. The van der Waals surface area contributed by atoms with Crippen molar-refractivity contribution < 1.29 is 8.42 Å². The minimum absolute atomic E-state index is 0.406. The highest BCUT2D eigenvalue weighted by molar-refractivity contribution is 7.99. The van der Waals surface area contributed by atoms with Crippen LogP contribution in [0.25, 0.3) is 0 Å². The molecule has 1 saturated heterocycles. The van der Waals surface area contributed by atoms with Crippen molar-refractivity contribution in [2.45, 2.75) is 31.7 Å². The molecule has 1 aromatic carbocycles. The van der Waals surface area contributed by atoms with E-state index < -0.39 is 10.0 Å². The summed E-state index contributed by atoms with van der Waals surface area (Å²) in [6.45, 7) is 5.99. The number of hydrogen-bond acceptors (Lipinski definition) is 4. The van der Waals surface area contributed by atoms with Crippen LogP contribution < -0.4 is 10.0 Å². The highest BCUT2D eigenvalue weighted by Crippen LogP contribution is 2.23. The maximum atomic E-state index is 12.5. The highest BCUT2D eigenvalue weighted by atomic mass is 32.2. The van der Waals surface area contributed by atoms with Crippen molar-refractivity contribution in [1.29, 1.82) is 0 Å². The Morgan fingerprint density at radius 1 is 1.38 bits per heavy atom. The lowest BCUT2D eigenvalue weighted by atomic mass is 10.1. The molecular weight excluding hydrogens is 304 g/mol. The van der Waals surface area contributed by atoms with Crippen molar-refractivity contribution in [3.8, 4) is 0 Å². The van der Waals surface area contributed by atoms with E-state index in [1.807, 2.05) is 37.7 Å². The summed E-state index contributed by atoms with van der Waals surface area (Å²) in [7, 11) is -3.41. The van der Waals surface area contributed by atoms with Crippen molar-refractivity contribution >= 4 is 21.8 Å². The molecule has 2 N–H and O–H groups in total. The summed E-state index contributed by atoms with van der Waals surface area (Å²) in [5.74, 6) is 2.67. The van der Waals surface area contributed by atoms with Crippen LogP contribution in [0.4, 0.5) is 0 Å². The molecule has 118 valence electrons. The van der Waals surface area contributed by atoms with Crippen LogP contribution in [0.5, 0.6) is 0 Å². The molecule has 0 bridgehead atoms. The van der Waals surface area contributed by atoms with E-state index in [0.717, 1.165) is 35.6 Å². The first kappa shape index (κ1) is 16.8. The molecule has 0 radical (unpaired) electrons. The van der Waals surface area contributed by atoms with Gasteiger partial charge >= 0.3 is 0 Å². The van der Waals surface area contributed by atoms with Gasteiger partial charge in [-0.3, -0.25) is 0 Å². The second-order valence-corrected chi connectivity index (χ2v) is 8.35. The minimum Gasteiger partial charge on any atom is -0.313 e. The van der Waals surface area contributed by atoms with E-state index in [4.69, 9.17) is 0 Å². The van der Waals surface area contributed by atoms with Crippen LogP contribution in [-0.2, 0) is 16.6 Å². The first-order valence-corrected chi connectivity index (χ1v) is 10.0. The van der Waals surface area contributed by atoms with Gasteiger partial charge in [0, 0.05) is 13.1 Å². The Hall–Kier alpha value is -0.560. The molecule has 0 saturated carbocycles. The zero-order valence-corrected chi connectivity index (χ0v) is 14.3. The van der Waals surface area contributed by atoms with Gasteiger partial charge in [0.25, 0.3) is 0 Å². The molecule has 0 aliphatic carbocycles. The number of rotatable bonds is 7. The second-order valence-electron chi connectivity index (χ2n) is 5.46. The second kappa shape index (κ2) is 7.63. The van der Waals surface area contributed by atoms with Gasteiger partial charge in [0.15, 0.2) is 0 Å². The molecule has 1 heterocycles. The number of benzene rings is 1. The smallest absolute Gasteiger partial charge is 0.240 e. The van der Waals surface area contributed by atoms with Crippen molar-refractivity contribution in [3.63, 3.8) is 0 Å². The molecule has 6 heteroatoms. The predicted molar refractivity (Wildman–Crippen MR) is 89.2 cm³/mol. The number of hydrogen-bond donors (Lipinski definition) is 2. The summed E-state index contributed by atoms with van der Waals surface area (Å²) >= 11 is 1.90. The van der Waals surface area contributed by atoms with Crippen LogP contribution in [-0.4, -0.2) is 33.0 Å². The zero-order chi connectivity index (χ0) is 15.3. The summed E-state index contributed by atoms with van der Waals surface area (Å²) in [5.41, 5.74) is 1.79. The fourth-order valence-corrected chi connectivity index (χ4v) is 5.06. The summed E-state index contributed by atoms with van der Waals surface area (Å²) in [6.07, 6.45) is 1.10. The first-order chi connectivity index (χ1) is 10.0. The predicted octanol–water partition coefficient (Wildman–Crippen LogP) is 2.14. The maximum Gasteiger partial charge on any atom is 0.240 e. The third kappa shape index (κ3) is 4.71. The number of aryl methyl sites for hydroxylation is 1. The Bertz CT molecular complexity index is 567. The van der Waals surface area contributed by atoms with Gasteiger partial charge in [0.1, 0.15) is 0 Å². The molecular formula is C15H24N2O2S2. The molecule has 1 aliphatic heterocycles. The van der Waals surface area contributed by atoms with Crippen LogP contribution >= 0.6 is 11.8 Å². The van der Waals surface area contributed by atoms with E-state index in [1.165, 1.54) is 0 Å². The van der Waals surface area contributed by atoms with Crippen molar-refractivity contribution in [3.05, 3.63) is 29.3 Å². The Kier molecular flexibility index (Phi) is 6.10. The summed E-state index contributed by atoms with van der Waals surface area (Å²) in [6, 6.07) is 5.64. The van der Waals surface area contributed by atoms with Crippen LogP contribution in [0, 0.1) is 12.8 Å². The maximum absolute atomic E-state index is 12.5. The topological polar surface area (TPSA) is 58.2 Å². The molecule has 1 aliphatic rings. The molecule has 1 unspecified atom stereocenters. The average molecular weight is 329 g/mol. The third-order valence-corrected chi connectivity index (χ3v) is 6.50. The third-order valence-electron chi connectivity index (χ3n) is 3.71. The lowest BCUT2D eigenvalue weighted by Gasteiger charge is -2.13. The lowest BCUT2D eigenvalue weighted by Crippen LogP contribution is -2.30. The van der Waals surface area contributed by atoms with Gasteiger partial charge < -0.3 is 5.32 Å². The van der Waals surface area contributed by atoms with E-state index >= 15 is 0 Å². The summed E-state index contributed by atoms with van der Waals surface area (Å²) < 4.78 is 27.8. The highest BCUT2D eigenvalue weighted by Gasteiger charge is 2.21. The van der Waals surface area contributed by atoms with Gasteiger partial charge in [-0.2, -0.15) is 11.8 Å². The van der Waals surface area contributed by atoms with Gasteiger partial charge in [0.2, 0.25) is 10.0 Å². The fraction of sp³-hybridized carbons (Fsp3) is 0.600. The number of sulfonamides is 1. The molecule has 0 aromatic heterocycles. The van der Waals surface area contributed by atoms with Crippen molar-refractivity contribution in [1.82, 2.24) is 10.0 Å². The van der Waals surface area contributed by atoms with Gasteiger partial charge in [-0.1, -0.05) is 19.1 Å². The SMILES string of the molecule is CCNCc1ccc(C)c(S(=O)(=O)NCC2CCSC2)c1. The van der Waals surface area contributed by atoms with Gasteiger partial charge in [-0.05, 0) is 54.5 Å². The molecule has 0 spiro atoms. The Labute approximate surface area is 132 Å². The Morgan fingerprint density at radius 3 is 2.86 bits per heavy atom. The Balaban J connectivity index is 2.09. The average Bonchev–Trinajstić information content (AvgIpc) is 2.97. The standard InChI is InChI=1S/C15H24N2O2S2/c1-3-16-9-13-5-4-12(2)15(8-13)21(18,19)17-10-14-6-7-20-11-14/h4-5,8,14,16-17H,3,6-7,9-11H2,1-2H3. The molecule has 21 heavy (non-hydrogen) atoms. The normalized spacial score (nSPS) is 19.0. The van der Waals surface area contributed by atoms with E-state index in [9.17, 15) is 8.42 Å². The van der Waals surface area contributed by atoms with Crippen LogP contribution in [0.15, 0.2) is 23.1 Å². The minimum atomic E-state index is -3.41. The molecule has 0 amide bonds. The molecule has 1 aromatic rings. The van der Waals surface area contributed by atoms with E-state index in [-0.39, 0.29) is 0 Å². The largest absolute Gasteiger partial charge is 0.313 e. The molecule has 1 fully saturated rings. The quantitative estimate of drug-likeness (QED) is 0.805. The fourth-order valence-electron chi connectivity index (χ4n) is 2.36. The first-order valence-electron chi connectivity index (χ1n) is 7.40. The molecule has 2 rings (SSSR count). The van der Waals surface area contributed by atoms with Crippen LogP contribution in [0.1, 0.15) is 24.5 Å². The van der Waals surface area contributed by atoms with Crippen molar-refractivity contribution in [2.24, 2.45) is 5.92 Å². The molecule has 4 nitrogen and oxygen atoms in total. The zero-order valence-electron chi connectivity index (χ0n) is 12.7. The lowest BCUT2D eigenvalue weighted by molar-refractivity contribution is 0.545. The van der Waals surface area contributed by atoms with Crippen LogP contribution in [0.2, 0.25) is 0 Å². The van der Waals surface area contributed by atoms with E-state index in [1.54, 1.807) is 6.07 Å². The number of nitrogens with one attached hydrogen (secondary N) is 2. The van der Waals surface area contributed by atoms with E-state index in [0.29, 0.717) is 23.9 Å². The molecule has 1 atom stereocenters. The van der Waals surface area contributed by atoms with E-state index in [2.05, 4.69) is 10.0 Å². The summed E-state index contributed by atoms with van der Waals surface area (Å²) in [5, 5.41) is 3.22. The van der Waals surface area contributed by atoms with Crippen molar-refractivity contribution in [2.75, 3.05) is 24.6 Å². The Morgan fingerprint density at radius 2 is 2.19 bits per heavy atom. The summed E-state index contributed by atoms with van der Waals surface area (Å²) in [4.78, 5) is 0.406. The van der Waals surface area contributed by atoms with Gasteiger partial charge in [-0.25, -0.2) is 13.1 Å².